The molecule has 2 amide bonds. The number of anilines is 1. The minimum Gasteiger partial charge on any atom is -0.497 e. The number of carbonyl (C=O) groups excluding carboxylic acids is 2. The number of nitrogens with one attached hydrogen (secondary N) is 1. The summed E-state index contributed by atoms with van der Waals surface area (Å²) in [6, 6.07) is 29.1. The normalized spacial score (nSPS) is 13.8. The summed E-state index contributed by atoms with van der Waals surface area (Å²) >= 11 is 0. The lowest BCUT2D eigenvalue weighted by Crippen LogP contribution is -2.54. The van der Waals surface area contributed by atoms with Crippen molar-refractivity contribution < 1.29 is 27.5 Å². The van der Waals surface area contributed by atoms with Crippen molar-refractivity contribution in [1.29, 1.82) is 0 Å². The first kappa shape index (κ1) is 34.5. The zero-order chi connectivity index (χ0) is 34.1. The van der Waals surface area contributed by atoms with Crippen LogP contribution in [0.5, 0.6) is 11.5 Å². The molecule has 1 unspecified atom stereocenters. The van der Waals surface area contributed by atoms with Crippen LogP contribution in [0.15, 0.2) is 108 Å². The Labute approximate surface area is 283 Å². The van der Waals surface area contributed by atoms with Crippen molar-refractivity contribution in [3.8, 4) is 11.5 Å². The summed E-state index contributed by atoms with van der Waals surface area (Å²) < 4.78 is 40.5. The fourth-order valence-electron chi connectivity index (χ4n) is 6.02. The molecule has 0 aliphatic heterocycles. The number of amides is 2. The summed E-state index contributed by atoms with van der Waals surface area (Å²) in [6.45, 7) is 1.39. The molecule has 1 atom stereocenters. The molecule has 252 valence electrons. The maximum absolute atomic E-state index is 14.7. The number of ether oxygens (including phenoxy) is 2. The SMILES string of the molecule is COc1cccc(CN(C(=O)CN(c2cccc(OC)c2)S(=O)(=O)c2ccc(C)cc2)C(Cc2ccccc2)C(=O)NC2CCCC2)c1. The predicted octanol–water partition coefficient (Wildman–Crippen LogP) is 5.91. The van der Waals surface area contributed by atoms with Gasteiger partial charge < -0.3 is 19.7 Å². The first-order chi connectivity index (χ1) is 23.2. The van der Waals surface area contributed by atoms with E-state index in [0.717, 1.165) is 46.7 Å². The standard InChI is InChI=1S/C38H43N3O6S/c1-28-19-21-35(22-20-28)48(44,45)41(32-16-10-18-34(25-32)47-3)27-37(42)40(26-30-13-9-17-33(23-30)46-2)36(24-29-11-5-4-6-12-29)38(43)39-31-14-7-8-15-31/h4-6,9-13,16-23,25,31,36H,7-8,14-15,24,26-27H2,1-3H3,(H,39,43). The second-order valence-electron chi connectivity index (χ2n) is 12.1. The molecule has 9 nitrogen and oxygen atoms in total. The maximum atomic E-state index is 14.7. The van der Waals surface area contributed by atoms with Crippen LogP contribution in [0.2, 0.25) is 0 Å². The largest absolute Gasteiger partial charge is 0.497 e. The third-order valence-electron chi connectivity index (χ3n) is 8.69. The smallest absolute Gasteiger partial charge is 0.264 e. The highest BCUT2D eigenvalue weighted by Crippen LogP contribution is 2.28. The maximum Gasteiger partial charge on any atom is 0.264 e. The highest BCUT2D eigenvalue weighted by molar-refractivity contribution is 7.92. The van der Waals surface area contributed by atoms with Crippen molar-refractivity contribution in [1.82, 2.24) is 10.2 Å². The first-order valence-electron chi connectivity index (χ1n) is 16.2. The molecule has 0 aromatic heterocycles. The van der Waals surface area contributed by atoms with E-state index >= 15 is 0 Å². The van der Waals surface area contributed by atoms with Crippen LogP contribution >= 0.6 is 0 Å². The van der Waals surface area contributed by atoms with Gasteiger partial charge in [-0.15, -0.1) is 0 Å². The van der Waals surface area contributed by atoms with E-state index in [1.54, 1.807) is 43.5 Å². The zero-order valence-corrected chi connectivity index (χ0v) is 28.5. The van der Waals surface area contributed by atoms with Crippen LogP contribution < -0.4 is 19.1 Å². The van der Waals surface area contributed by atoms with Crippen LogP contribution in [-0.4, -0.2) is 58.0 Å². The monoisotopic (exact) mass is 669 g/mol. The third-order valence-corrected chi connectivity index (χ3v) is 10.5. The molecule has 10 heteroatoms. The van der Waals surface area contributed by atoms with Crippen LogP contribution in [0, 0.1) is 6.92 Å². The van der Waals surface area contributed by atoms with Gasteiger partial charge in [-0.25, -0.2) is 8.42 Å². The summed E-state index contributed by atoms with van der Waals surface area (Å²) in [7, 11) is -1.16. The number of benzene rings is 4. The summed E-state index contributed by atoms with van der Waals surface area (Å²) in [4.78, 5) is 30.4. The molecule has 1 aliphatic rings. The van der Waals surface area contributed by atoms with Gasteiger partial charge in [0.05, 0.1) is 24.8 Å². The number of nitrogens with zero attached hydrogens (tertiary/aromatic N) is 2. The van der Waals surface area contributed by atoms with E-state index < -0.39 is 28.5 Å². The van der Waals surface area contributed by atoms with E-state index in [-0.39, 0.29) is 35.5 Å². The Bertz CT molecular complexity index is 1790. The van der Waals surface area contributed by atoms with Gasteiger partial charge in [0.2, 0.25) is 11.8 Å². The van der Waals surface area contributed by atoms with E-state index in [4.69, 9.17) is 9.47 Å². The van der Waals surface area contributed by atoms with Gasteiger partial charge in [-0.3, -0.25) is 13.9 Å². The average molecular weight is 670 g/mol. The van der Waals surface area contributed by atoms with Gasteiger partial charge in [0.15, 0.2) is 0 Å². The highest BCUT2D eigenvalue weighted by Gasteiger charge is 2.35. The van der Waals surface area contributed by atoms with Gasteiger partial charge in [0, 0.05) is 25.1 Å². The van der Waals surface area contributed by atoms with Crippen molar-refractivity contribution in [3.63, 3.8) is 0 Å². The molecule has 48 heavy (non-hydrogen) atoms. The molecule has 0 saturated heterocycles. The molecule has 1 fully saturated rings. The van der Waals surface area contributed by atoms with Gasteiger partial charge in [0.1, 0.15) is 24.1 Å². The number of hydrogen-bond donors (Lipinski definition) is 1. The molecule has 0 radical (unpaired) electrons. The summed E-state index contributed by atoms with van der Waals surface area (Å²) in [6.07, 6.45) is 4.08. The molecule has 4 aromatic carbocycles. The predicted molar refractivity (Wildman–Crippen MR) is 187 cm³/mol. The van der Waals surface area contributed by atoms with Crippen LogP contribution in [0.25, 0.3) is 0 Å². The Morgan fingerprint density at radius 2 is 1.44 bits per heavy atom. The summed E-state index contributed by atoms with van der Waals surface area (Å²) in [5, 5.41) is 3.20. The van der Waals surface area contributed by atoms with Crippen LogP contribution in [0.4, 0.5) is 5.69 Å². The molecule has 1 saturated carbocycles. The molecular formula is C38H43N3O6S. The molecule has 0 bridgehead atoms. The lowest BCUT2D eigenvalue weighted by molar-refractivity contribution is -0.140. The number of sulfonamides is 1. The molecular weight excluding hydrogens is 627 g/mol. The van der Waals surface area contributed by atoms with Crippen molar-refractivity contribution in [3.05, 3.63) is 120 Å². The highest BCUT2D eigenvalue weighted by atomic mass is 32.2. The molecule has 1 aliphatic carbocycles. The van der Waals surface area contributed by atoms with Gasteiger partial charge >= 0.3 is 0 Å². The van der Waals surface area contributed by atoms with Crippen LogP contribution in [0.3, 0.4) is 0 Å². The van der Waals surface area contributed by atoms with Crippen molar-refractivity contribution in [2.24, 2.45) is 0 Å². The Morgan fingerprint density at radius 3 is 2.10 bits per heavy atom. The molecule has 4 aromatic rings. The molecule has 0 heterocycles. The van der Waals surface area contributed by atoms with Gasteiger partial charge in [-0.1, -0.05) is 79.1 Å². The zero-order valence-electron chi connectivity index (χ0n) is 27.7. The number of aryl methyl sites for hydroxylation is 1. The topological polar surface area (TPSA) is 105 Å². The Kier molecular flexibility index (Phi) is 11.4. The van der Waals surface area contributed by atoms with Crippen molar-refractivity contribution >= 4 is 27.5 Å². The Balaban J connectivity index is 1.58. The average Bonchev–Trinajstić information content (AvgIpc) is 3.62. The van der Waals surface area contributed by atoms with E-state index in [2.05, 4.69) is 5.32 Å². The fraction of sp³-hybridized carbons (Fsp3) is 0.316. The lowest BCUT2D eigenvalue weighted by Gasteiger charge is -2.34. The van der Waals surface area contributed by atoms with E-state index in [1.807, 2.05) is 61.5 Å². The minimum atomic E-state index is -4.22. The van der Waals surface area contributed by atoms with Crippen molar-refractivity contribution in [2.75, 3.05) is 25.1 Å². The molecule has 5 rings (SSSR count). The molecule has 1 N–H and O–H groups in total. The van der Waals surface area contributed by atoms with Crippen molar-refractivity contribution in [2.45, 2.75) is 62.6 Å². The van der Waals surface area contributed by atoms with Gasteiger partial charge in [-0.2, -0.15) is 0 Å². The third kappa shape index (κ3) is 8.55. The Hall–Kier alpha value is -4.83. The summed E-state index contributed by atoms with van der Waals surface area (Å²) in [5.41, 5.74) is 2.78. The number of rotatable bonds is 14. The number of hydrogen-bond acceptors (Lipinski definition) is 6. The van der Waals surface area contributed by atoms with E-state index in [0.29, 0.717) is 11.5 Å². The van der Waals surface area contributed by atoms with E-state index in [9.17, 15) is 18.0 Å². The van der Waals surface area contributed by atoms with Gasteiger partial charge in [-0.05, 0) is 67.3 Å². The molecule has 0 spiro atoms. The minimum absolute atomic E-state index is 0.0275. The fourth-order valence-corrected chi connectivity index (χ4v) is 7.43. The first-order valence-corrected chi connectivity index (χ1v) is 17.6. The second kappa shape index (κ2) is 15.8. The summed E-state index contributed by atoms with van der Waals surface area (Å²) in [5.74, 6) is 0.250. The number of carbonyl (C=O) groups is 2. The van der Waals surface area contributed by atoms with Crippen LogP contribution in [-0.2, 0) is 32.6 Å². The Morgan fingerprint density at radius 1 is 0.812 bits per heavy atom. The quantitative estimate of drug-likeness (QED) is 0.179. The second-order valence-corrected chi connectivity index (χ2v) is 14.0. The van der Waals surface area contributed by atoms with E-state index in [1.165, 1.54) is 24.1 Å². The van der Waals surface area contributed by atoms with Gasteiger partial charge in [0.25, 0.3) is 10.0 Å². The lowest BCUT2D eigenvalue weighted by atomic mass is 10.0. The van der Waals surface area contributed by atoms with Crippen LogP contribution in [0.1, 0.15) is 42.4 Å². The number of methoxy groups -OCH3 is 2.